The maximum Gasteiger partial charge on any atom is 0.273 e. The summed E-state index contributed by atoms with van der Waals surface area (Å²) in [5, 5.41) is 2.64. The molecule has 2 aromatic heterocycles. The molecule has 0 saturated carbocycles. The molecule has 1 saturated heterocycles. The van der Waals surface area contributed by atoms with Crippen molar-refractivity contribution < 1.29 is 4.79 Å². The average molecular weight is 287 g/mol. The van der Waals surface area contributed by atoms with Gasteiger partial charge in [-0.1, -0.05) is 13.0 Å². The van der Waals surface area contributed by atoms with Crippen LogP contribution in [0.1, 0.15) is 30.3 Å². The number of amides is 1. The lowest BCUT2D eigenvalue weighted by molar-refractivity contribution is 0.0678. The minimum Gasteiger partial charge on any atom is -0.337 e. The average Bonchev–Trinajstić information content (AvgIpc) is 2.97. The summed E-state index contributed by atoms with van der Waals surface area (Å²) in [6.45, 7) is 3.88. The number of hydrogen-bond donors (Lipinski definition) is 0. The van der Waals surface area contributed by atoms with Crippen LogP contribution in [-0.2, 0) is 0 Å². The van der Waals surface area contributed by atoms with E-state index in [9.17, 15) is 4.79 Å². The molecule has 1 atom stereocenters. The van der Waals surface area contributed by atoms with Gasteiger partial charge >= 0.3 is 0 Å². The molecular formula is C15H17N3OS. The maximum atomic E-state index is 12.4. The molecule has 1 unspecified atom stereocenters. The molecule has 0 aliphatic carbocycles. The summed E-state index contributed by atoms with van der Waals surface area (Å²) in [6.07, 6.45) is 4.04. The summed E-state index contributed by atoms with van der Waals surface area (Å²) < 4.78 is 0. The van der Waals surface area contributed by atoms with Crippen LogP contribution in [0.25, 0.3) is 10.7 Å². The van der Waals surface area contributed by atoms with Crippen LogP contribution in [0, 0.1) is 5.92 Å². The van der Waals surface area contributed by atoms with Crippen molar-refractivity contribution in [3.63, 3.8) is 0 Å². The molecule has 1 fully saturated rings. The third-order valence-corrected chi connectivity index (χ3v) is 4.42. The molecule has 0 bridgehead atoms. The normalized spacial score (nSPS) is 19.1. The van der Waals surface area contributed by atoms with Gasteiger partial charge in [0.2, 0.25) is 0 Å². The highest BCUT2D eigenvalue weighted by molar-refractivity contribution is 7.13. The zero-order valence-corrected chi connectivity index (χ0v) is 12.3. The molecule has 20 heavy (non-hydrogen) atoms. The van der Waals surface area contributed by atoms with Gasteiger partial charge in [0.15, 0.2) is 0 Å². The number of likely N-dealkylation sites (tertiary alicyclic amines) is 1. The molecule has 1 aliphatic rings. The molecule has 3 heterocycles. The Bertz CT molecular complexity index is 596. The maximum absolute atomic E-state index is 12.4. The number of carbonyl (C=O) groups excluding carboxylic acids is 1. The van der Waals surface area contributed by atoms with Crippen molar-refractivity contribution in [1.29, 1.82) is 0 Å². The van der Waals surface area contributed by atoms with Gasteiger partial charge in [-0.25, -0.2) is 4.98 Å². The number of rotatable bonds is 2. The van der Waals surface area contributed by atoms with Crippen LogP contribution in [0.5, 0.6) is 0 Å². The summed E-state index contributed by atoms with van der Waals surface area (Å²) in [7, 11) is 0. The largest absolute Gasteiger partial charge is 0.337 e. The Labute approximate surface area is 122 Å². The SMILES string of the molecule is CC1CCCN(C(=O)c2csc(-c3ccccn3)n2)C1. The topological polar surface area (TPSA) is 46.1 Å². The first-order valence-electron chi connectivity index (χ1n) is 6.90. The third-order valence-electron chi connectivity index (χ3n) is 3.55. The molecule has 4 nitrogen and oxygen atoms in total. The summed E-state index contributed by atoms with van der Waals surface area (Å²) in [5.41, 5.74) is 1.37. The number of aromatic nitrogens is 2. The van der Waals surface area contributed by atoms with E-state index < -0.39 is 0 Å². The lowest BCUT2D eigenvalue weighted by atomic mass is 10.0. The van der Waals surface area contributed by atoms with E-state index in [-0.39, 0.29) is 5.91 Å². The van der Waals surface area contributed by atoms with Crippen LogP contribution < -0.4 is 0 Å². The fourth-order valence-corrected chi connectivity index (χ4v) is 3.28. The number of piperidine rings is 1. The molecule has 0 radical (unpaired) electrons. The van der Waals surface area contributed by atoms with Gasteiger partial charge in [0.25, 0.3) is 5.91 Å². The minimum atomic E-state index is 0.0509. The van der Waals surface area contributed by atoms with Gasteiger partial charge in [0, 0.05) is 24.7 Å². The lowest BCUT2D eigenvalue weighted by Gasteiger charge is -2.30. The monoisotopic (exact) mass is 287 g/mol. The highest BCUT2D eigenvalue weighted by Crippen LogP contribution is 2.23. The number of thiazole rings is 1. The second-order valence-corrected chi connectivity index (χ2v) is 6.11. The lowest BCUT2D eigenvalue weighted by Crippen LogP contribution is -2.39. The van der Waals surface area contributed by atoms with E-state index in [1.54, 1.807) is 6.20 Å². The first kappa shape index (κ1) is 13.2. The van der Waals surface area contributed by atoms with E-state index in [1.807, 2.05) is 28.5 Å². The first-order chi connectivity index (χ1) is 9.74. The Balaban J connectivity index is 1.78. The van der Waals surface area contributed by atoms with Gasteiger partial charge in [-0.2, -0.15) is 0 Å². The van der Waals surface area contributed by atoms with Gasteiger partial charge in [-0.15, -0.1) is 11.3 Å². The minimum absolute atomic E-state index is 0.0509. The molecule has 0 N–H and O–H groups in total. The molecule has 1 amide bonds. The molecule has 104 valence electrons. The van der Waals surface area contributed by atoms with Gasteiger partial charge in [0.05, 0.1) is 5.69 Å². The Kier molecular flexibility index (Phi) is 3.78. The second-order valence-electron chi connectivity index (χ2n) is 5.25. The van der Waals surface area contributed by atoms with Crippen molar-refractivity contribution in [3.8, 4) is 10.7 Å². The van der Waals surface area contributed by atoms with Crippen LogP contribution in [0.4, 0.5) is 0 Å². The number of hydrogen-bond acceptors (Lipinski definition) is 4. The number of nitrogens with zero attached hydrogens (tertiary/aromatic N) is 3. The fraction of sp³-hybridized carbons (Fsp3) is 0.400. The van der Waals surface area contributed by atoms with Gasteiger partial charge < -0.3 is 4.90 Å². The highest BCUT2D eigenvalue weighted by Gasteiger charge is 2.23. The van der Waals surface area contributed by atoms with E-state index in [1.165, 1.54) is 17.8 Å². The molecule has 0 spiro atoms. The zero-order chi connectivity index (χ0) is 13.9. The number of carbonyl (C=O) groups is 1. The van der Waals surface area contributed by atoms with E-state index in [0.717, 1.165) is 30.2 Å². The van der Waals surface area contributed by atoms with Crippen molar-refractivity contribution in [2.75, 3.05) is 13.1 Å². The van der Waals surface area contributed by atoms with Gasteiger partial charge in [-0.05, 0) is 30.9 Å². The molecule has 2 aromatic rings. The molecule has 1 aliphatic heterocycles. The van der Waals surface area contributed by atoms with Gasteiger partial charge in [-0.3, -0.25) is 9.78 Å². The molecular weight excluding hydrogens is 270 g/mol. The Morgan fingerprint density at radius 2 is 2.35 bits per heavy atom. The zero-order valence-electron chi connectivity index (χ0n) is 11.5. The summed E-state index contributed by atoms with van der Waals surface area (Å²) in [5.74, 6) is 0.636. The van der Waals surface area contributed by atoms with Crippen LogP contribution in [0.3, 0.4) is 0 Å². The highest BCUT2D eigenvalue weighted by atomic mass is 32.1. The van der Waals surface area contributed by atoms with Crippen LogP contribution >= 0.6 is 11.3 Å². The predicted molar refractivity (Wildman–Crippen MR) is 79.6 cm³/mol. The van der Waals surface area contributed by atoms with Crippen molar-refractivity contribution in [3.05, 3.63) is 35.5 Å². The van der Waals surface area contributed by atoms with Crippen LogP contribution in [0.2, 0.25) is 0 Å². The Morgan fingerprint density at radius 3 is 3.10 bits per heavy atom. The van der Waals surface area contributed by atoms with E-state index in [4.69, 9.17) is 0 Å². The van der Waals surface area contributed by atoms with Gasteiger partial charge in [0.1, 0.15) is 10.7 Å². The van der Waals surface area contributed by atoms with Crippen molar-refractivity contribution in [1.82, 2.24) is 14.9 Å². The quantitative estimate of drug-likeness (QED) is 0.852. The summed E-state index contributed by atoms with van der Waals surface area (Å²) in [6, 6.07) is 5.71. The third kappa shape index (κ3) is 2.72. The molecule has 5 heteroatoms. The van der Waals surface area contributed by atoms with Crippen molar-refractivity contribution in [2.24, 2.45) is 5.92 Å². The predicted octanol–water partition coefficient (Wildman–Crippen LogP) is 3.08. The Hall–Kier alpha value is -1.75. The standard InChI is InChI=1S/C15H17N3OS/c1-11-5-4-8-18(9-11)15(19)13-10-20-14(17-13)12-6-2-3-7-16-12/h2-3,6-7,10-11H,4-5,8-9H2,1H3. The molecule has 0 aromatic carbocycles. The fourth-order valence-electron chi connectivity index (χ4n) is 2.51. The molecule has 3 rings (SSSR count). The number of pyridine rings is 1. The Morgan fingerprint density at radius 1 is 1.45 bits per heavy atom. The van der Waals surface area contributed by atoms with Crippen LogP contribution in [-0.4, -0.2) is 33.9 Å². The summed E-state index contributed by atoms with van der Waals surface area (Å²) >= 11 is 1.47. The first-order valence-corrected chi connectivity index (χ1v) is 7.78. The summed E-state index contributed by atoms with van der Waals surface area (Å²) in [4.78, 5) is 23.1. The van der Waals surface area contributed by atoms with Crippen molar-refractivity contribution >= 4 is 17.2 Å². The van der Waals surface area contributed by atoms with E-state index >= 15 is 0 Å². The van der Waals surface area contributed by atoms with Crippen molar-refractivity contribution in [2.45, 2.75) is 19.8 Å². The smallest absolute Gasteiger partial charge is 0.273 e. The second kappa shape index (κ2) is 5.71. The van der Waals surface area contributed by atoms with Crippen LogP contribution in [0.15, 0.2) is 29.8 Å². The van der Waals surface area contributed by atoms with E-state index in [0.29, 0.717) is 11.6 Å². The van der Waals surface area contributed by atoms with E-state index in [2.05, 4.69) is 16.9 Å².